The van der Waals surface area contributed by atoms with E-state index < -0.39 is 0 Å². The van der Waals surface area contributed by atoms with Crippen LogP contribution in [-0.4, -0.2) is 24.8 Å². The molecule has 0 saturated carbocycles. The molecule has 0 aromatic carbocycles. The number of carbonyl (C=O) groups excluding carboxylic acids is 1. The predicted molar refractivity (Wildman–Crippen MR) is 40.7 cm³/mol. The monoisotopic (exact) mass is 156 g/mol. The van der Waals surface area contributed by atoms with Gasteiger partial charge in [-0.05, 0) is 6.42 Å². The molecule has 1 fully saturated rings. The van der Waals surface area contributed by atoms with Crippen molar-refractivity contribution in [2.45, 2.75) is 12.8 Å². The number of aliphatic hydroxyl groups is 1. The minimum Gasteiger partial charge on any atom is -0.465 e. The van der Waals surface area contributed by atoms with Crippen LogP contribution in [0.4, 0.5) is 0 Å². The summed E-state index contributed by atoms with van der Waals surface area (Å²) >= 11 is 0. The molecule has 0 bridgehead atoms. The minimum atomic E-state index is -0.132. The summed E-state index contributed by atoms with van der Waals surface area (Å²) in [6, 6.07) is 0. The zero-order valence-electron chi connectivity index (χ0n) is 6.54. The highest BCUT2D eigenvalue weighted by Gasteiger charge is 2.24. The molecule has 1 saturated heterocycles. The number of ether oxygens (including phenoxy) is 1. The summed E-state index contributed by atoms with van der Waals surface area (Å²) in [6.45, 7) is 0.547. The van der Waals surface area contributed by atoms with E-state index in [2.05, 4.69) is 10.7 Å². The summed E-state index contributed by atoms with van der Waals surface area (Å²) in [7, 11) is 1.00. The second-order valence-corrected chi connectivity index (χ2v) is 2.06. The number of hydrogen-bond acceptors (Lipinski definition) is 3. The number of terminal acetylenes is 1. The molecule has 3 nitrogen and oxygen atoms in total. The summed E-state index contributed by atoms with van der Waals surface area (Å²) < 4.78 is 4.68. The lowest BCUT2D eigenvalue weighted by Gasteiger charge is -1.95. The van der Waals surface area contributed by atoms with Gasteiger partial charge >= 0.3 is 5.97 Å². The molecule has 0 aromatic heterocycles. The maximum absolute atomic E-state index is 10.6. The number of carbonyl (C=O) groups is 1. The molecule has 1 aliphatic rings. The van der Waals surface area contributed by atoms with E-state index in [4.69, 9.17) is 11.5 Å². The Labute approximate surface area is 66.4 Å². The second kappa shape index (κ2) is 5.75. The molecule has 62 valence electrons. The van der Waals surface area contributed by atoms with Crippen LogP contribution >= 0.6 is 0 Å². The predicted octanol–water partition coefficient (Wildman–Crippen LogP) is 0.181. The Morgan fingerprint density at radius 1 is 1.82 bits per heavy atom. The van der Waals surface area contributed by atoms with Crippen LogP contribution in [-0.2, 0) is 9.53 Å². The smallest absolute Gasteiger partial charge is 0.310 e. The van der Waals surface area contributed by atoms with Crippen molar-refractivity contribution in [3.8, 4) is 12.3 Å². The van der Waals surface area contributed by atoms with Crippen LogP contribution in [0.2, 0.25) is 0 Å². The number of rotatable bonds is 1. The molecule has 0 aliphatic carbocycles. The van der Waals surface area contributed by atoms with E-state index in [1.165, 1.54) is 0 Å². The Kier molecular flexibility index (Phi) is 5.22. The third-order valence-electron chi connectivity index (χ3n) is 1.41. The van der Waals surface area contributed by atoms with Crippen LogP contribution in [0.3, 0.4) is 0 Å². The van der Waals surface area contributed by atoms with Gasteiger partial charge in [-0.25, -0.2) is 0 Å². The highest BCUT2D eigenvalue weighted by Crippen LogP contribution is 2.16. The standard InChI is InChI=1S/C7H8O2.CH4O/c1-2-3-6-4-5-9-7(6)8;1-2/h1,6H,3-5H2;2H,1H3. The Morgan fingerprint density at radius 2 is 2.45 bits per heavy atom. The second-order valence-electron chi connectivity index (χ2n) is 2.06. The lowest BCUT2D eigenvalue weighted by atomic mass is 10.1. The van der Waals surface area contributed by atoms with Crippen molar-refractivity contribution in [3.63, 3.8) is 0 Å². The Hall–Kier alpha value is -1.01. The first-order valence-electron chi connectivity index (χ1n) is 3.39. The maximum atomic E-state index is 10.6. The van der Waals surface area contributed by atoms with Crippen molar-refractivity contribution in [2.75, 3.05) is 13.7 Å². The first-order valence-corrected chi connectivity index (χ1v) is 3.39. The number of cyclic esters (lactones) is 1. The van der Waals surface area contributed by atoms with Gasteiger partial charge in [0.15, 0.2) is 0 Å². The largest absolute Gasteiger partial charge is 0.465 e. The van der Waals surface area contributed by atoms with E-state index in [0.29, 0.717) is 13.0 Å². The zero-order valence-corrected chi connectivity index (χ0v) is 6.54. The van der Waals surface area contributed by atoms with Gasteiger partial charge in [0.2, 0.25) is 0 Å². The summed E-state index contributed by atoms with van der Waals surface area (Å²) in [6.07, 6.45) is 6.33. The van der Waals surface area contributed by atoms with Crippen molar-refractivity contribution in [3.05, 3.63) is 0 Å². The molecule has 1 heterocycles. The van der Waals surface area contributed by atoms with Crippen LogP contribution in [0.15, 0.2) is 0 Å². The number of esters is 1. The molecule has 1 N–H and O–H groups in total. The van der Waals surface area contributed by atoms with Gasteiger partial charge in [-0.15, -0.1) is 12.3 Å². The normalized spacial score (nSPS) is 21.2. The summed E-state index contributed by atoms with van der Waals surface area (Å²) in [5.74, 6) is 2.29. The first-order chi connectivity index (χ1) is 5.34. The summed E-state index contributed by atoms with van der Waals surface area (Å²) in [4.78, 5) is 10.6. The van der Waals surface area contributed by atoms with Gasteiger partial charge in [0.05, 0.1) is 12.5 Å². The van der Waals surface area contributed by atoms with Crippen LogP contribution < -0.4 is 0 Å². The van der Waals surface area contributed by atoms with E-state index in [1.807, 2.05) is 0 Å². The minimum absolute atomic E-state index is 0.0185. The molecule has 0 aromatic rings. The van der Waals surface area contributed by atoms with Crippen molar-refractivity contribution < 1.29 is 14.6 Å². The number of hydrogen-bond donors (Lipinski definition) is 1. The Morgan fingerprint density at radius 3 is 2.82 bits per heavy atom. The lowest BCUT2D eigenvalue weighted by molar-refractivity contribution is -0.141. The fraction of sp³-hybridized carbons (Fsp3) is 0.625. The van der Waals surface area contributed by atoms with Crippen LogP contribution in [0.5, 0.6) is 0 Å². The van der Waals surface area contributed by atoms with E-state index in [0.717, 1.165) is 13.5 Å². The zero-order chi connectivity index (χ0) is 8.69. The van der Waals surface area contributed by atoms with E-state index >= 15 is 0 Å². The molecule has 1 unspecified atom stereocenters. The molecular weight excluding hydrogens is 144 g/mol. The quantitative estimate of drug-likeness (QED) is 0.435. The Bertz CT molecular complexity index is 157. The topological polar surface area (TPSA) is 46.5 Å². The van der Waals surface area contributed by atoms with Gasteiger partial charge in [-0.2, -0.15) is 0 Å². The molecule has 0 amide bonds. The molecule has 0 spiro atoms. The highest BCUT2D eigenvalue weighted by molar-refractivity contribution is 5.74. The van der Waals surface area contributed by atoms with E-state index in [1.54, 1.807) is 0 Å². The molecule has 1 rings (SSSR count). The molecule has 11 heavy (non-hydrogen) atoms. The molecule has 1 aliphatic heterocycles. The van der Waals surface area contributed by atoms with Crippen LogP contribution in [0.1, 0.15) is 12.8 Å². The van der Waals surface area contributed by atoms with E-state index in [-0.39, 0.29) is 11.9 Å². The lowest BCUT2D eigenvalue weighted by Crippen LogP contribution is -2.05. The average molecular weight is 156 g/mol. The van der Waals surface area contributed by atoms with Gasteiger partial charge in [0, 0.05) is 13.5 Å². The van der Waals surface area contributed by atoms with Crippen LogP contribution in [0.25, 0.3) is 0 Å². The molecule has 0 radical (unpaired) electrons. The molecular formula is C8H12O3. The van der Waals surface area contributed by atoms with Crippen molar-refractivity contribution in [2.24, 2.45) is 5.92 Å². The first kappa shape index (κ1) is 9.99. The van der Waals surface area contributed by atoms with Crippen LogP contribution in [0, 0.1) is 18.3 Å². The summed E-state index contributed by atoms with van der Waals surface area (Å²) in [5, 5.41) is 7.00. The van der Waals surface area contributed by atoms with Crippen molar-refractivity contribution in [1.29, 1.82) is 0 Å². The summed E-state index contributed by atoms with van der Waals surface area (Å²) in [5.41, 5.74) is 0. The van der Waals surface area contributed by atoms with E-state index in [9.17, 15) is 4.79 Å². The SMILES string of the molecule is C#CCC1CCOC1=O.CO. The average Bonchev–Trinajstić information content (AvgIpc) is 2.42. The van der Waals surface area contributed by atoms with Crippen molar-refractivity contribution in [1.82, 2.24) is 0 Å². The van der Waals surface area contributed by atoms with Gasteiger partial charge in [-0.1, -0.05) is 0 Å². The fourth-order valence-electron chi connectivity index (χ4n) is 0.865. The van der Waals surface area contributed by atoms with Crippen molar-refractivity contribution >= 4 is 5.97 Å². The Balaban J connectivity index is 0.000000461. The third-order valence-corrected chi connectivity index (χ3v) is 1.41. The third kappa shape index (κ3) is 3.06. The van der Waals surface area contributed by atoms with Gasteiger partial charge in [0.1, 0.15) is 0 Å². The maximum Gasteiger partial charge on any atom is 0.310 e. The van der Waals surface area contributed by atoms with Gasteiger partial charge < -0.3 is 9.84 Å². The fourth-order valence-corrected chi connectivity index (χ4v) is 0.865. The molecule has 3 heteroatoms. The molecule has 1 atom stereocenters. The van der Waals surface area contributed by atoms with Gasteiger partial charge in [0.25, 0.3) is 0 Å². The highest BCUT2D eigenvalue weighted by atomic mass is 16.5. The van der Waals surface area contributed by atoms with Gasteiger partial charge in [-0.3, -0.25) is 4.79 Å². The number of aliphatic hydroxyl groups excluding tert-OH is 1.